The summed E-state index contributed by atoms with van der Waals surface area (Å²) in [6, 6.07) is 7.10. The molecule has 0 saturated carbocycles. The molecule has 2 aliphatic heterocycles. The fourth-order valence-corrected chi connectivity index (χ4v) is 5.64. The lowest BCUT2D eigenvalue weighted by atomic mass is 10.3. The van der Waals surface area contributed by atoms with E-state index in [4.69, 9.17) is 21.1 Å². The predicted molar refractivity (Wildman–Crippen MR) is 108 cm³/mol. The van der Waals surface area contributed by atoms with Gasteiger partial charge in [0.25, 0.3) is 0 Å². The summed E-state index contributed by atoms with van der Waals surface area (Å²) in [5.41, 5.74) is 1.47. The van der Waals surface area contributed by atoms with Crippen LogP contribution in [0.15, 0.2) is 40.0 Å². The van der Waals surface area contributed by atoms with E-state index in [9.17, 15) is 9.59 Å². The third-order valence-electron chi connectivity index (χ3n) is 4.07. The van der Waals surface area contributed by atoms with Crippen LogP contribution in [0.4, 0.5) is 5.69 Å². The molecule has 0 amide bonds. The fourth-order valence-electron chi connectivity index (χ4n) is 2.62. The maximum absolute atomic E-state index is 12.4. The van der Waals surface area contributed by atoms with Crippen molar-refractivity contribution < 1.29 is 19.1 Å². The SMILES string of the molecule is CCOC(=O)C1=C(C)N(C)[C@@]2(SC(C(=O)OC)=NN2c2ccc(Cl)cc2)S1. The number of benzene rings is 1. The highest BCUT2D eigenvalue weighted by Crippen LogP contribution is 2.58. The highest BCUT2D eigenvalue weighted by atomic mass is 35.5. The summed E-state index contributed by atoms with van der Waals surface area (Å²) in [5.74, 6) is -0.932. The van der Waals surface area contributed by atoms with Crippen molar-refractivity contribution >= 4 is 57.8 Å². The van der Waals surface area contributed by atoms with Crippen LogP contribution >= 0.6 is 35.1 Å². The summed E-state index contributed by atoms with van der Waals surface area (Å²) in [6.45, 7) is 3.88. The highest BCUT2D eigenvalue weighted by molar-refractivity contribution is 8.28. The third-order valence-corrected chi connectivity index (χ3v) is 7.36. The minimum atomic E-state index is -0.885. The number of carbonyl (C=O) groups excluding carboxylic acids is 2. The van der Waals surface area contributed by atoms with Gasteiger partial charge in [0, 0.05) is 17.8 Å². The summed E-state index contributed by atoms with van der Waals surface area (Å²) in [4.78, 5) is 26.9. The molecule has 0 saturated heterocycles. The van der Waals surface area contributed by atoms with Crippen LogP contribution in [0.25, 0.3) is 0 Å². The molecule has 27 heavy (non-hydrogen) atoms. The molecule has 1 spiro atoms. The first-order valence-electron chi connectivity index (χ1n) is 8.06. The number of esters is 2. The maximum Gasteiger partial charge on any atom is 0.365 e. The van der Waals surface area contributed by atoms with E-state index in [1.807, 2.05) is 18.9 Å². The van der Waals surface area contributed by atoms with Crippen LogP contribution in [0.1, 0.15) is 13.8 Å². The second-order valence-electron chi connectivity index (χ2n) is 5.63. The zero-order chi connectivity index (χ0) is 19.8. The Morgan fingerprint density at radius 2 is 1.89 bits per heavy atom. The first-order chi connectivity index (χ1) is 12.8. The number of nitrogens with zero attached hydrogens (tertiary/aromatic N) is 3. The van der Waals surface area contributed by atoms with Crippen LogP contribution in [0, 0.1) is 0 Å². The van der Waals surface area contributed by atoms with E-state index < -0.39 is 16.3 Å². The van der Waals surface area contributed by atoms with Crippen LogP contribution in [0.5, 0.6) is 0 Å². The summed E-state index contributed by atoms with van der Waals surface area (Å²) in [7, 11) is 3.16. The number of carbonyl (C=O) groups is 2. The van der Waals surface area contributed by atoms with Crippen LogP contribution in [0.2, 0.25) is 5.02 Å². The maximum atomic E-state index is 12.4. The summed E-state index contributed by atoms with van der Waals surface area (Å²) >= 11 is 8.51. The van der Waals surface area contributed by atoms with Crippen molar-refractivity contribution in [1.29, 1.82) is 0 Å². The van der Waals surface area contributed by atoms with Gasteiger partial charge in [0.1, 0.15) is 4.91 Å². The normalized spacial score (nSPS) is 21.7. The largest absolute Gasteiger partial charge is 0.464 e. The van der Waals surface area contributed by atoms with Gasteiger partial charge in [-0.15, -0.1) is 0 Å². The molecule has 0 aliphatic carbocycles. The number of allylic oxidation sites excluding steroid dienone is 1. The van der Waals surface area contributed by atoms with E-state index in [-0.39, 0.29) is 11.7 Å². The van der Waals surface area contributed by atoms with E-state index in [0.717, 1.165) is 11.4 Å². The van der Waals surface area contributed by atoms with Gasteiger partial charge in [-0.2, -0.15) is 5.10 Å². The summed E-state index contributed by atoms with van der Waals surface area (Å²) in [5, 5.41) is 6.96. The zero-order valence-corrected chi connectivity index (χ0v) is 17.6. The van der Waals surface area contributed by atoms with Gasteiger partial charge in [-0.05, 0) is 49.9 Å². The van der Waals surface area contributed by atoms with Crippen LogP contribution in [-0.2, 0) is 19.1 Å². The Balaban J connectivity index is 2.03. The molecule has 0 radical (unpaired) electrons. The molecular weight excluding hydrogens is 410 g/mol. The number of ether oxygens (including phenoxy) is 2. The molecular formula is C17H18ClN3O4S2. The number of rotatable bonds is 4. The van der Waals surface area contributed by atoms with Gasteiger partial charge in [0.05, 0.1) is 19.4 Å². The second-order valence-corrected chi connectivity index (χ2v) is 8.67. The Kier molecular flexibility index (Phi) is 5.64. The lowest BCUT2D eigenvalue weighted by Crippen LogP contribution is -2.47. The quantitative estimate of drug-likeness (QED) is 0.676. The van der Waals surface area contributed by atoms with Gasteiger partial charge in [-0.25, -0.2) is 14.6 Å². The monoisotopic (exact) mass is 427 g/mol. The second kappa shape index (κ2) is 7.65. The molecule has 1 aromatic rings. The van der Waals surface area contributed by atoms with Crippen LogP contribution < -0.4 is 5.01 Å². The van der Waals surface area contributed by atoms with E-state index in [1.54, 1.807) is 36.2 Å². The lowest BCUT2D eigenvalue weighted by Gasteiger charge is -2.39. The molecule has 10 heteroatoms. The number of halogens is 1. The van der Waals surface area contributed by atoms with Crippen molar-refractivity contribution in [2.24, 2.45) is 5.10 Å². The number of anilines is 1. The van der Waals surface area contributed by atoms with Crippen molar-refractivity contribution in [1.82, 2.24) is 4.90 Å². The van der Waals surface area contributed by atoms with Gasteiger partial charge >= 0.3 is 11.9 Å². The summed E-state index contributed by atoms with van der Waals surface area (Å²) < 4.78 is 9.14. The molecule has 144 valence electrons. The highest BCUT2D eigenvalue weighted by Gasteiger charge is 2.56. The summed E-state index contributed by atoms with van der Waals surface area (Å²) in [6.07, 6.45) is 0. The average molecular weight is 428 g/mol. The van der Waals surface area contributed by atoms with E-state index in [0.29, 0.717) is 9.93 Å². The molecule has 1 atom stereocenters. The van der Waals surface area contributed by atoms with Gasteiger partial charge in [-0.3, -0.25) is 0 Å². The number of hydrazone groups is 1. The van der Waals surface area contributed by atoms with Gasteiger partial charge in [0.2, 0.25) is 9.37 Å². The molecule has 0 bridgehead atoms. The molecule has 3 rings (SSSR count). The van der Waals surface area contributed by atoms with Crippen molar-refractivity contribution in [3.05, 3.63) is 39.9 Å². The first-order valence-corrected chi connectivity index (χ1v) is 10.1. The van der Waals surface area contributed by atoms with Crippen molar-refractivity contribution in [2.75, 3.05) is 25.8 Å². The van der Waals surface area contributed by atoms with Crippen molar-refractivity contribution in [3.8, 4) is 0 Å². The fraction of sp³-hybridized carbons (Fsp3) is 0.353. The molecule has 0 N–H and O–H groups in total. The molecule has 2 heterocycles. The smallest absolute Gasteiger partial charge is 0.365 e. The van der Waals surface area contributed by atoms with E-state index >= 15 is 0 Å². The molecule has 0 fully saturated rings. The molecule has 1 aromatic carbocycles. The van der Waals surface area contributed by atoms with Crippen molar-refractivity contribution in [2.45, 2.75) is 18.2 Å². The minimum absolute atomic E-state index is 0.199. The Morgan fingerprint density at radius 1 is 1.22 bits per heavy atom. The third kappa shape index (κ3) is 3.39. The van der Waals surface area contributed by atoms with Gasteiger partial charge in [-0.1, -0.05) is 23.4 Å². The van der Waals surface area contributed by atoms with E-state index in [1.165, 1.54) is 30.6 Å². The molecule has 0 aromatic heterocycles. The Labute approximate surface area is 170 Å². The molecule has 0 unspecified atom stereocenters. The number of methoxy groups -OCH3 is 1. The van der Waals surface area contributed by atoms with Crippen LogP contribution in [0.3, 0.4) is 0 Å². The van der Waals surface area contributed by atoms with Gasteiger partial charge < -0.3 is 14.4 Å². The Hall–Kier alpha value is -1.84. The topological polar surface area (TPSA) is 71.4 Å². The first kappa shape index (κ1) is 19.9. The molecule has 2 aliphatic rings. The Morgan fingerprint density at radius 3 is 2.48 bits per heavy atom. The number of hydrogen-bond donors (Lipinski definition) is 0. The standard InChI is InChI=1S/C17H18ClN3O4S2/c1-5-25-15(22)13-10(2)20(3)17(26-13)21(12-8-6-11(18)7-9-12)19-14(27-17)16(23)24-4/h6-9H,5H2,1-4H3/t17-/m0/s1. The predicted octanol–water partition coefficient (Wildman–Crippen LogP) is 3.46. The van der Waals surface area contributed by atoms with Gasteiger partial charge in [0.15, 0.2) is 0 Å². The zero-order valence-electron chi connectivity index (χ0n) is 15.2. The lowest BCUT2D eigenvalue weighted by molar-refractivity contribution is -0.137. The molecule has 7 nitrogen and oxygen atoms in total. The van der Waals surface area contributed by atoms with Crippen LogP contribution in [-0.4, -0.2) is 47.0 Å². The average Bonchev–Trinajstić information content (AvgIpc) is 3.16. The number of hydrogen-bond acceptors (Lipinski definition) is 9. The van der Waals surface area contributed by atoms with Crippen molar-refractivity contribution in [3.63, 3.8) is 0 Å². The number of thioether (sulfide) groups is 2. The van der Waals surface area contributed by atoms with E-state index in [2.05, 4.69) is 5.10 Å². The Bertz CT molecular complexity index is 843. The minimum Gasteiger partial charge on any atom is -0.464 e.